The second kappa shape index (κ2) is 8.87. The molecule has 0 radical (unpaired) electrons. The Morgan fingerprint density at radius 3 is 2.60 bits per heavy atom. The highest BCUT2D eigenvalue weighted by molar-refractivity contribution is 7.80. The van der Waals surface area contributed by atoms with Crippen molar-refractivity contribution in [2.75, 3.05) is 26.7 Å². The monoisotopic (exact) mass is 359 g/mol. The van der Waals surface area contributed by atoms with Crippen molar-refractivity contribution in [3.8, 4) is 5.75 Å². The summed E-state index contributed by atoms with van der Waals surface area (Å²) in [6.07, 6.45) is 4.23. The summed E-state index contributed by atoms with van der Waals surface area (Å²) in [6, 6.07) is 12.2. The van der Waals surface area contributed by atoms with Crippen LogP contribution in [0.3, 0.4) is 0 Å². The molecule has 1 unspecified atom stereocenters. The molecule has 0 spiro atoms. The van der Waals surface area contributed by atoms with Crippen molar-refractivity contribution >= 4 is 17.3 Å². The molecule has 0 amide bonds. The van der Waals surface area contributed by atoms with Gasteiger partial charge in [-0.25, -0.2) is 0 Å². The number of benzene rings is 1. The second-order valence-electron chi connectivity index (χ2n) is 6.19. The number of furan rings is 1. The fourth-order valence-corrected chi connectivity index (χ4v) is 3.28. The normalized spacial score (nSPS) is 15.7. The zero-order valence-electron chi connectivity index (χ0n) is 14.5. The van der Waals surface area contributed by atoms with Crippen LogP contribution in [0, 0.1) is 0 Å². The summed E-state index contributed by atoms with van der Waals surface area (Å²) < 4.78 is 10.8. The first kappa shape index (κ1) is 17.8. The average Bonchev–Trinajstić information content (AvgIpc) is 3.35. The van der Waals surface area contributed by atoms with Crippen molar-refractivity contribution in [3.05, 3.63) is 54.0 Å². The quantitative estimate of drug-likeness (QED) is 0.741. The molecule has 5 nitrogen and oxygen atoms in total. The minimum absolute atomic E-state index is 0.221. The van der Waals surface area contributed by atoms with Crippen LogP contribution in [0.2, 0.25) is 0 Å². The third-order valence-corrected chi connectivity index (χ3v) is 4.81. The topological polar surface area (TPSA) is 49.7 Å². The first-order chi connectivity index (χ1) is 12.3. The summed E-state index contributed by atoms with van der Waals surface area (Å²) in [7, 11) is 1.67. The van der Waals surface area contributed by atoms with Crippen LogP contribution in [-0.4, -0.2) is 36.8 Å². The molecule has 1 aliphatic rings. The third kappa shape index (κ3) is 4.96. The molecule has 2 heterocycles. The molecular formula is C19H25N3O2S. The molecule has 1 saturated heterocycles. The van der Waals surface area contributed by atoms with Gasteiger partial charge in [-0.2, -0.15) is 0 Å². The summed E-state index contributed by atoms with van der Waals surface area (Å²) >= 11 is 5.43. The Morgan fingerprint density at radius 1 is 1.20 bits per heavy atom. The van der Waals surface area contributed by atoms with Crippen LogP contribution in [0.15, 0.2) is 47.1 Å². The Balaban J connectivity index is 1.49. The van der Waals surface area contributed by atoms with Crippen molar-refractivity contribution in [3.63, 3.8) is 0 Å². The van der Waals surface area contributed by atoms with E-state index in [1.165, 1.54) is 12.8 Å². The molecule has 1 fully saturated rings. The third-order valence-electron chi connectivity index (χ3n) is 4.52. The number of rotatable bonds is 7. The number of methoxy groups -OCH3 is 1. The van der Waals surface area contributed by atoms with Crippen LogP contribution < -0.4 is 15.4 Å². The molecule has 1 aromatic heterocycles. The first-order valence-corrected chi connectivity index (χ1v) is 9.09. The number of likely N-dealkylation sites (tertiary alicyclic amines) is 1. The molecule has 3 rings (SSSR count). The van der Waals surface area contributed by atoms with Crippen LogP contribution in [0.25, 0.3) is 0 Å². The number of hydrogen-bond donors (Lipinski definition) is 2. The Kier molecular flexibility index (Phi) is 6.30. The fraction of sp³-hybridized carbons (Fsp3) is 0.421. The van der Waals surface area contributed by atoms with Gasteiger partial charge in [0, 0.05) is 13.1 Å². The molecule has 2 aromatic rings. The zero-order chi connectivity index (χ0) is 17.5. The Hall–Kier alpha value is -2.05. The van der Waals surface area contributed by atoms with E-state index in [-0.39, 0.29) is 6.04 Å². The van der Waals surface area contributed by atoms with Crippen LogP contribution in [-0.2, 0) is 6.54 Å². The van der Waals surface area contributed by atoms with E-state index >= 15 is 0 Å². The van der Waals surface area contributed by atoms with Gasteiger partial charge >= 0.3 is 0 Å². The lowest BCUT2D eigenvalue weighted by atomic mass is 10.2. The summed E-state index contributed by atoms with van der Waals surface area (Å²) in [5.41, 5.74) is 1.16. The van der Waals surface area contributed by atoms with Gasteiger partial charge in [0.05, 0.1) is 19.4 Å². The minimum Gasteiger partial charge on any atom is -0.497 e. The van der Waals surface area contributed by atoms with E-state index in [0.717, 1.165) is 36.7 Å². The highest BCUT2D eigenvalue weighted by Gasteiger charge is 2.25. The summed E-state index contributed by atoms with van der Waals surface area (Å²) in [4.78, 5) is 2.46. The summed E-state index contributed by atoms with van der Waals surface area (Å²) in [5, 5.41) is 7.25. The van der Waals surface area contributed by atoms with Crippen molar-refractivity contribution in [1.29, 1.82) is 0 Å². The highest BCUT2D eigenvalue weighted by Crippen LogP contribution is 2.24. The highest BCUT2D eigenvalue weighted by atomic mass is 32.1. The van der Waals surface area contributed by atoms with Gasteiger partial charge in [-0.1, -0.05) is 12.1 Å². The lowest BCUT2D eigenvalue weighted by Crippen LogP contribution is -2.41. The maximum absolute atomic E-state index is 5.63. The molecule has 25 heavy (non-hydrogen) atoms. The van der Waals surface area contributed by atoms with Gasteiger partial charge < -0.3 is 19.8 Å². The van der Waals surface area contributed by atoms with E-state index in [9.17, 15) is 0 Å². The molecule has 6 heteroatoms. The predicted octanol–water partition coefficient (Wildman–Crippen LogP) is 3.09. The molecule has 2 N–H and O–H groups in total. The number of thiocarbonyl (C=S) groups is 1. The first-order valence-electron chi connectivity index (χ1n) is 8.68. The lowest BCUT2D eigenvalue weighted by molar-refractivity contribution is 0.215. The van der Waals surface area contributed by atoms with Gasteiger partial charge in [0.2, 0.25) is 0 Å². The summed E-state index contributed by atoms with van der Waals surface area (Å²) in [6.45, 7) is 3.64. The van der Waals surface area contributed by atoms with Crippen molar-refractivity contribution in [2.24, 2.45) is 0 Å². The van der Waals surface area contributed by atoms with E-state index < -0.39 is 0 Å². The van der Waals surface area contributed by atoms with Crippen LogP contribution in [0.1, 0.15) is 30.2 Å². The smallest absolute Gasteiger partial charge is 0.166 e. The van der Waals surface area contributed by atoms with E-state index in [1.54, 1.807) is 13.4 Å². The molecule has 0 saturated carbocycles. The molecule has 0 bridgehead atoms. The summed E-state index contributed by atoms with van der Waals surface area (Å²) in [5.74, 6) is 1.85. The minimum atomic E-state index is 0.221. The van der Waals surface area contributed by atoms with E-state index in [4.69, 9.17) is 21.4 Å². The van der Waals surface area contributed by atoms with Gasteiger partial charge in [0.15, 0.2) is 5.11 Å². The van der Waals surface area contributed by atoms with E-state index in [0.29, 0.717) is 11.7 Å². The lowest BCUT2D eigenvalue weighted by Gasteiger charge is -2.26. The Morgan fingerprint density at radius 2 is 1.96 bits per heavy atom. The van der Waals surface area contributed by atoms with Crippen LogP contribution in [0.4, 0.5) is 0 Å². The predicted molar refractivity (Wildman–Crippen MR) is 103 cm³/mol. The van der Waals surface area contributed by atoms with Gasteiger partial charge in [0.1, 0.15) is 11.5 Å². The molecule has 1 atom stereocenters. The molecule has 0 aliphatic carbocycles. The van der Waals surface area contributed by atoms with Crippen molar-refractivity contribution in [2.45, 2.75) is 25.4 Å². The second-order valence-corrected chi connectivity index (χ2v) is 6.59. The standard InChI is InChI=1S/C19H25N3O2S/c1-23-16-8-6-15(7-9-16)13-20-19(25)21-14-17(18-5-4-12-24-18)22-10-2-3-11-22/h4-9,12,17H,2-3,10-11,13-14H2,1H3,(H2,20,21,25). The number of ether oxygens (including phenoxy) is 1. The largest absolute Gasteiger partial charge is 0.497 e. The fourth-order valence-electron chi connectivity index (χ4n) is 3.12. The van der Waals surface area contributed by atoms with Gasteiger partial charge in [-0.15, -0.1) is 0 Å². The Bertz CT molecular complexity index is 652. The molecular weight excluding hydrogens is 334 g/mol. The van der Waals surface area contributed by atoms with Gasteiger partial charge in [0.25, 0.3) is 0 Å². The maximum atomic E-state index is 5.63. The zero-order valence-corrected chi connectivity index (χ0v) is 15.3. The van der Waals surface area contributed by atoms with Crippen molar-refractivity contribution < 1.29 is 9.15 Å². The molecule has 1 aliphatic heterocycles. The van der Waals surface area contributed by atoms with Gasteiger partial charge in [-0.05, 0) is 68.0 Å². The SMILES string of the molecule is COc1ccc(CNC(=S)NCC(c2ccco2)N2CCCC2)cc1. The molecule has 134 valence electrons. The maximum Gasteiger partial charge on any atom is 0.166 e. The molecule has 1 aromatic carbocycles. The van der Waals surface area contributed by atoms with Crippen molar-refractivity contribution in [1.82, 2.24) is 15.5 Å². The Labute approximate surface area is 154 Å². The number of hydrogen-bond acceptors (Lipinski definition) is 4. The van der Waals surface area contributed by atoms with E-state index in [1.807, 2.05) is 36.4 Å². The average molecular weight is 359 g/mol. The van der Waals surface area contributed by atoms with E-state index in [2.05, 4.69) is 15.5 Å². The van der Waals surface area contributed by atoms with Crippen LogP contribution in [0.5, 0.6) is 5.75 Å². The number of nitrogens with one attached hydrogen (secondary N) is 2. The van der Waals surface area contributed by atoms with Crippen LogP contribution >= 0.6 is 12.2 Å². The van der Waals surface area contributed by atoms with Gasteiger partial charge in [-0.3, -0.25) is 4.90 Å². The number of nitrogens with zero attached hydrogens (tertiary/aromatic N) is 1.